The standard InChI is InChI=1S/C20H23NO5S/c1-12-4-7-17-13(8-12)9-18(27-17)20(23)26-11-19(22)21-15-10-14(24-2)5-6-16(15)25-3/h5-6,9-10,12H,4,7-8,11H2,1-3H3,(H,21,22)/t12-/m0/s1. The number of carbonyl (C=O) groups excluding carboxylic acids is 2. The van der Waals surface area contributed by atoms with Crippen LogP contribution in [0, 0.1) is 5.92 Å². The number of methoxy groups -OCH3 is 2. The lowest BCUT2D eigenvalue weighted by Crippen LogP contribution is -2.21. The Hall–Kier alpha value is -2.54. The minimum atomic E-state index is -0.463. The number of amides is 1. The molecule has 1 aliphatic carbocycles. The zero-order valence-corrected chi connectivity index (χ0v) is 16.5. The molecule has 1 aromatic carbocycles. The second-order valence-electron chi connectivity index (χ2n) is 6.60. The lowest BCUT2D eigenvalue weighted by atomic mass is 9.90. The summed E-state index contributed by atoms with van der Waals surface area (Å²) in [5.74, 6) is 0.816. The van der Waals surface area contributed by atoms with Crippen molar-refractivity contribution >= 4 is 28.9 Å². The molecule has 0 radical (unpaired) electrons. The quantitative estimate of drug-likeness (QED) is 0.763. The van der Waals surface area contributed by atoms with Crippen LogP contribution in [0.5, 0.6) is 11.5 Å². The average Bonchev–Trinajstić information content (AvgIpc) is 3.09. The van der Waals surface area contributed by atoms with Crippen LogP contribution in [0.4, 0.5) is 5.69 Å². The molecule has 7 heteroatoms. The van der Waals surface area contributed by atoms with Gasteiger partial charge in [-0.2, -0.15) is 0 Å². The molecule has 0 saturated carbocycles. The molecule has 1 heterocycles. The Morgan fingerprint density at radius 3 is 2.78 bits per heavy atom. The van der Waals surface area contributed by atoms with Gasteiger partial charge in [-0.25, -0.2) is 4.79 Å². The van der Waals surface area contributed by atoms with Crippen molar-refractivity contribution < 1.29 is 23.8 Å². The average molecular weight is 389 g/mol. The van der Waals surface area contributed by atoms with Crippen LogP contribution in [0.3, 0.4) is 0 Å². The lowest BCUT2D eigenvalue weighted by Gasteiger charge is -2.16. The topological polar surface area (TPSA) is 73.9 Å². The van der Waals surface area contributed by atoms with Crippen LogP contribution in [-0.4, -0.2) is 32.7 Å². The molecule has 144 valence electrons. The first-order valence-corrected chi connectivity index (χ1v) is 9.62. The van der Waals surface area contributed by atoms with Crippen LogP contribution in [0.1, 0.15) is 33.5 Å². The third kappa shape index (κ3) is 4.60. The number of aryl methyl sites for hydroxylation is 1. The predicted molar refractivity (Wildman–Crippen MR) is 104 cm³/mol. The number of esters is 1. The highest BCUT2D eigenvalue weighted by molar-refractivity contribution is 7.14. The summed E-state index contributed by atoms with van der Waals surface area (Å²) in [5.41, 5.74) is 1.69. The van der Waals surface area contributed by atoms with Crippen molar-refractivity contribution in [3.63, 3.8) is 0 Å². The fraction of sp³-hybridized carbons (Fsp3) is 0.400. The summed E-state index contributed by atoms with van der Waals surface area (Å²) in [6, 6.07) is 6.97. The number of hydrogen-bond donors (Lipinski definition) is 1. The van der Waals surface area contributed by atoms with Gasteiger partial charge < -0.3 is 19.5 Å². The molecule has 0 fully saturated rings. The molecule has 27 heavy (non-hydrogen) atoms. The van der Waals surface area contributed by atoms with Crippen LogP contribution in [0.15, 0.2) is 24.3 Å². The van der Waals surface area contributed by atoms with E-state index in [0.29, 0.717) is 28.0 Å². The van der Waals surface area contributed by atoms with E-state index in [-0.39, 0.29) is 6.61 Å². The van der Waals surface area contributed by atoms with Gasteiger partial charge in [0.05, 0.1) is 19.9 Å². The summed E-state index contributed by atoms with van der Waals surface area (Å²) >= 11 is 1.47. The van der Waals surface area contributed by atoms with Gasteiger partial charge >= 0.3 is 5.97 Å². The van der Waals surface area contributed by atoms with Gasteiger partial charge in [-0.05, 0) is 48.9 Å². The molecule has 1 aliphatic rings. The summed E-state index contributed by atoms with van der Waals surface area (Å²) < 4.78 is 15.6. The number of anilines is 1. The van der Waals surface area contributed by atoms with Crippen molar-refractivity contribution in [2.24, 2.45) is 5.92 Å². The Balaban J connectivity index is 1.59. The van der Waals surface area contributed by atoms with E-state index in [2.05, 4.69) is 12.2 Å². The molecular formula is C20H23NO5S. The second kappa shape index (κ2) is 8.43. The van der Waals surface area contributed by atoms with Gasteiger partial charge in [0.25, 0.3) is 5.91 Å². The summed E-state index contributed by atoms with van der Waals surface area (Å²) in [6.45, 7) is 1.86. The number of ether oxygens (including phenoxy) is 3. The third-order valence-electron chi connectivity index (χ3n) is 4.55. The van der Waals surface area contributed by atoms with Gasteiger partial charge in [0.1, 0.15) is 16.4 Å². The Morgan fingerprint density at radius 2 is 2.04 bits per heavy atom. The molecule has 1 aromatic heterocycles. The van der Waals surface area contributed by atoms with E-state index in [0.717, 1.165) is 19.3 Å². The van der Waals surface area contributed by atoms with Crippen LogP contribution >= 0.6 is 11.3 Å². The lowest BCUT2D eigenvalue weighted by molar-refractivity contribution is -0.119. The van der Waals surface area contributed by atoms with Crippen LogP contribution in [0.2, 0.25) is 0 Å². The maximum absolute atomic E-state index is 12.3. The van der Waals surface area contributed by atoms with Crippen molar-refractivity contribution in [1.82, 2.24) is 0 Å². The normalized spacial score (nSPS) is 15.6. The molecule has 3 rings (SSSR count). The van der Waals surface area contributed by atoms with Gasteiger partial charge in [0, 0.05) is 10.9 Å². The summed E-state index contributed by atoms with van der Waals surface area (Å²) in [7, 11) is 3.05. The zero-order chi connectivity index (χ0) is 19.4. The highest BCUT2D eigenvalue weighted by atomic mass is 32.1. The number of nitrogens with one attached hydrogen (secondary N) is 1. The smallest absolute Gasteiger partial charge is 0.348 e. The molecule has 6 nitrogen and oxygen atoms in total. The van der Waals surface area contributed by atoms with Crippen LogP contribution in [0.25, 0.3) is 0 Å². The van der Waals surface area contributed by atoms with Crippen LogP contribution < -0.4 is 14.8 Å². The van der Waals surface area contributed by atoms with Crippen molar-refractivity contribution in [3.05, 3.63) is 39.6 Å². The van der Waals surface area contributed by atoms with Crippen molar-refractivity contribution in [1.29, 1.82) is 0 Å². The number of hydrogen-bond acceptors (Lipinski definition) is 6. The first-order valence-electron chi connectivity index (χ1n) is 8.80. The molecule has 0 bridgehead atoms. The first kappa shape index (κ1) is 19.2. The second-order valence-corrected chi connectivity index (χ2v) is 7.73. The Bertz CT molecular complexity index is 845. The van der Waals surface area contributed by atoms with E-state index in [9.17, 15) is 9.59 Å². The molecule has 1 N–H and O–H groups in total. The summed E-state index contributed by atoms with van der Waals surface area (Å²) in [4.78, 5) is 26.3. The largest absolute Gasteiger partial charge is 0.497 e. The number of carbonyl (C=O) groups is 2. The van der Waals surface area contributed by atoms with Gasteiger partial charge in [-0.1, -0.05) is 6.92 Å². The number of thiophene rings is 1. The Morgan fingerprint density at radius 1 is 1.22 bits per heavy atom. The van der Waals surface area contributed by atoms with Gasteiger partial charge in [-0.15, -0.1) is 11.3 Å². The molecule has 0 saturated heterocycles. The molecule has 0 spiro atoms. The van der Waals surface area contributed by atoms with Gasteiger partial charge in [0.15, 0.2) is 6.61 Å². The van der Waals surface area contributed by atoms with E-state index in [1.807, 2.05) is 6.07 Å². The first-order chi connectivity index (χ1) is 13.0. The third-order valence-corrected chi connectivity index (χ3v) is 5.76. The number of rotatable bonds is 6. The molecule has 0 aliphatic heterocycles. The minimum Gasteiger partial charge on any atom is -0.497 e. The fourth-order valence-corrected chi connectivity index (χ4v) is 4.21. The van der Waals surface area contributed by atoms with Crippen molar-refractivity contribution in [3.8, 4) is 11.5 Å². The number of benzene rings is 1. The van der Waals surface area contributed by atoms with E-state index in [1.165, 1.54) is 36.0 Å². The Kier molecular flexibility index (Phi) is 6.01. The van der Waals surface area contributed by atoms with E-state index >= 15 is 0 Å². The molecular weight excluding hydrogens is 366 g/mol. The maximum Gasteiger partial charge on any atom is 0.348 e. The van der Waals surface area contributed by atoms with Crippen molar-refractivity contribution in [2.75, 3.05) is 26.1 Å². The summed E-state index contributed by atoms with van der Waals surface area (Å²) in [5, 5.41) is 2.68. The van der Waals surface area contributed by atoms with Gasteiger partial charge in [-0.3, -0.25) is 4.79 Å². The van der Waals surface area contributed by atoms with E-state index in [4.69, 9.17) is 14.2 Å². The number of fused-ring (bicyclic) bond motifs is 1. The van der Waals surface area contributed by atoms with Crippen LogP contribution in [-0.2, 0) is 22.4 Å². The monoisotopic (exact) mass is 389 g/mol. The van der Waals surface area contributed by atoms with Gasteiger partial charge in [0.2, 0.25) is 0 Å². The minimum absolute atomic E-state index is 0.363. The summed E-state index contributed by atoms with van der Waals surface area (Å²) in [6.07, 6.45) is 3.15. The maximum atomic E-state index is 12.3. The predicted octanol–water partition coefficient (Wildman–Crippen LogP) is 3.69. The SMILES string of the molecule is COc1ccc(OC)c(NC(=O)COC(=O)c2cc3c(s2)CC[C@H](C)C3)c1. The molecule has 0 unspecified atom stereocenters. The molecule has 1 amide bonds. The van der Waals surface area contributed by atoms with E-state index < -0.39 is 11.9 Å². The van der Waals surface area contributed by atoms with E-state index in [1.54, 1.807) is 18.2 Å². The Labute approximate surface area is 162 Å². The highest BCUT2D eigenvalue weighted by Gasteiger charge is 2.22. The molecule has 2 aromatic rings. The molecule has 1 atom stereocenters. The van der Waals surface area contributed by atoms with Crippen molar-refractivity contribution in [2.45, 2.75) is 26.2 Å². The zero-order valence-electron chi connectivity index (χ0n) is 15.7. The fourth-order valence-electron chi connectivity index (χ4n) is 3.11. The highest BCUT2D eigenvalue weighted by Crippen LogP contribution is 2.32.